The van der Waals surface area contributed by atoms with E-state index in [1.807, 2.05) is 38.1 Å². The first-order chi connectivity index (χ1) is 14.3. The van der Waals surface area contributed by atoms with Gasteiger partial charge in [-0.2, -0.15) is 4.98 Å². The Morgan fingerprint density at radius 1 is 1.07 bits per heavy atom. The van der Waals surface area contributed by atoms with Crippen molar-refractivity contribution in [1.82, 2.24) is 24.6 Å². The Morgan fingerprint density at radius 3 is 2.40 bits per heavy atom. The summed E-state index contributed by atoms with van der Waals surface area (Å²) in [6.07, 6.45) is 0. The number of fused-ring (bicyclic) bond motifs is 1. The molecule has 0 aliphatic heterocycles. The fraction of sp³-hybridized carbons (Fsp3) is 0.545. The SMILES string of the molecule is CC(C)c1noc(CSc2nc3ccccc3c(=O)n2CCN(C(C)C)C(C)C)n1. The summed E-state index contributed by atoms with van der Waals surface area (Å²) in [4.78, 5) is 24.8. The van der Waals surface area contributed by atoms with Crippen LogP contribution in [0.4, 0.5) is 0 Å². The average Bonchev–Trinajstić information content (AvgIpc) is 3.17. The van der Waals surface area contributed by atoms with E-state index in [9.17, 15) is 4.79 Å². The van der Waals surface area contributed by atoms with Crippen molar-refractivity contribution in [3.8, 4) is 0 Å². The van der Waals surface area contributed by atoms with E-state index >= 15 is 0 Å². The summed E-state index contributed by atoms with van der Waals surface area (Å²) in [6, 6.07) is 8.30. The molecule has 0 N–H and O–H groups in total. The molecular weight excluding hydrogens is 398 g/mol. The summed E-state index contributed by atoms with van der Waals surface area (Å²) in [5, 5.41) is 5.34. The van der Waals surface area contributed by atoms with Crippen LogP contribution in [0, 0.1) is 0 Å². The van der Waals surface area contributed by atoms with Crippen LogP contribution in [0.15, 0.2) is 38.7 Å². The Bertz CT molecular complexity index is 1030. The minimum absolute atomic E-state index is 0.0102. The van der Waals surface area contributed by atoms with Gasteiger partial charge in [-0.05, 0) is 39.8 Å². The molecule has 0 saturated heterocycles. The second-order valence-corrected chi connectivity index (χ2v) is 9.23. The summed E-state index contributed by atoms with van der Waals surface area (Å²) in [7, 11) is 0. The van der Waals surface area contributed by atoms with Gasteiger partial charge in [-0.1, -0.05) is 42.9 Å². The molecule has 162 valence electrons. The summed E-state index contributed by atoms with van der Waals surface area (Å²) < 4.78 is 7.14. The highest BCUT2D eigenvalue weighted by molar-refractivity contribution is 7.98. The van der Waals surface area contributed by atoms with Gasteiger partial charge in [0.15, 0.2) is 11.0 Å². The monoisotopic (exact) mass is 429 g/mol. The quantitative estimate of drug-likeness (QED) is 0.370. The van der Waals surface area contributed by atoms with Gasteiger partial charge in [0.1, 0.15) is 0 Å². The molecule has 0 unspecified atom stereocenters. The molecule has 3 aromatic rings. The Hall–Kier alpha value is -2.19. The fourth-order valence-electron chi connectivity index (χ4n) is 3.47. The summed E-state index contributed by atoms with van der Waals surface area (Å²) in [5.41, 5.74) is 0.697. The van der Waals surface area contributed by atoms with Crippen LogP contribution in [0.25, 0.3) is 10.9 Å². The number of nitrogens with zero attached hydrogens (tertiary/aromatic N) is 5. The van der Waals surface area contributed by atoms with Crippen LogP contribution in [0.2, 0.25) is 0 Å². The molecule has 0 radical (unpaired) electrons. The third kappa shape index (κ3) is 5.10. The van der Waals surface area contributed by atoms with E-state index in [0.29, 0.717) is 52.2 Å². The van der Waals surface area contributed by atoms with Crippen LogP contribution in [0.1, 0.15) is 59.2 Å². The maximum Gasteiger partial charge on any atom is 0.262 e. The molecule has 0 atom stereocenters. The maximum atomic E-state index is 13.2. The lowest BCUT2D eigenvalue weighted by Gasteiger charge is -2.30. The van der Waals surface area contributed by atoms with Gasteiger partial charge in [-0.3, -0.25) is 14.3 Å². The molecule has 2 aromatic heterocycles. The second-order valence-electron chi connectivity index (χ2n) is 8.28. The molecular formula is C22H31N5O2S. The van der Waals surface area contributed by atoms with Gasteiger partial charge in [0.05, 0.1) is 16.7 Å². The molecule has 0 aliphatic rings. The highest BCUT2D eigenvalue weighted by Crippen LogP contribution is 2.22. The predicted molar refractivity (Wildman–Crippen MR) is 121 cm³/mol. The van der Waals surface area contributed by atoms with Gasteiger partial charge < -0.3 is 4.52 Å². The lowest BCUT2D eigenvalue weighted by molar-refractivity contribution is 0.166. The smallest absolute Gasteiger partial charge is 0.262 e. The summed E-state index contributed by atoms with van der Waals surface area (Å²) in [5.74, 6) is 1.92. The van der Waals surface area contributed by atoms with Crippen molar-refractivity contribution in [1.29, 1.82) is 0 Å². The predicted octanol–water partition coefficient (Wildman–Crippen LogP) is 4.31. The minimum atomic E-state index is -0.0102. The van der Waals surface area contributed by atoms with Gasteiger partial charge >= 0.3 is 0 Å². The van der Waals surface area contributed by atoms with Crippen LogP contribution in [-0.4, -0.2) is 43.2 Å². The van der Waals surface area contributed by atoms with E-state index < -0.39 is 0 Å². The molecule has 0 fully saturated rings. The van der Waals surface area contributed by atoms with E-state index in [2.05, 4.69) is 42.7 Å². The van der Waals surface area contributed by atoms with Crippen molar-refractivity contribution >= 4 is 22.7 Å². The second kappa shape index (κ2) is 9.75. The highest BCUT2D eigenvalue weighted by atomic mass is 32.2. The van der Waals surface area contributed by atoms with E-state index in [-0.39, 0.29) is 11.5 Å². The van der Waals surface area contributed by atoms with Crippen molar-refractivity contribution in [2.75, 3.05) is 6.54 Å². The topological polar surface area (TPSA) is 77.0 Å². The summed E-state index contributed by atoms with van der Waals surface area (Å²) >= 11 is 1.46. The average molecular weight is 430 g/mol. The zero-order valence-corrected chi connectivity index (χ0v) is 19.4. The normalized spacial score (nSPS) is 12.2. The number of rotatable bonds is 9. The molecule has 7 nitrogen and oxygen atoms in total. The number of para-hydroxylation sites is 1. The third-order valence-corrected chi connectivity index (χ3v) is 6.02. The first-order valence-electron chi connectivity index (χ1n) is 10.5. The minimum Gasteiger partial charge on any atom is -0.338 e. The van der Waals surface area contributed by atoms with Gasteiger partial charge in [0.2, 0.25) is 5.89 Å². The van der Waals surface area contributed by atoms with E-state index in [4.69, 9.17) is 9.51 Å². The number of hydrogen-bond donors (Lipinski definition) is 0. The molecule has 3 rings (SSSR count). The highest BCUT2D eigenvalue weighted by Gasteiger charge is 2.18. The Kier molecular flexibility index (Phi) is 7.31. The van der Waals surface area contributed by atoms with Crippen molar-refractivity contribution in [3.05, 3.63) is 46.3 Å². The largest absolute Gasteiger partial charge is 0.338 e. The van der Waals surface area contributed by atoms with Gasteiger partial charge in [-0.15, -0.1) is 0 Å². The van der Waals surface area contributed by atoms with Crippen molar-refractivity contribution in [2.45, 2.75) is 77.0 Å². The van der Waals surface area contributed by atoms with E-state index in [1.165, 1.54) is 11.8 Å². The zero-order valence-electron chi connectivity index (χ0n) is 18.6. The van der Waals surface area contributed by atoms with Crippen molar-refractivity contribution < 1.29 is 4.52 Å². The molecule has 0 saturated carbocycles. The lowest BCUT2D eigenvalue weighted by Crippen LogP contribution is -2.40. The third-order valence-electron chi connectivity index (χ3n) is 5.06. The van der Waals surface area contributed by atoms with Gasteiger partial charge in [0, 0.05) is 31.1 Å². The van der Waals surface area contributed by atoms with Crippen LogP contribution in [0.5, 0.6) is 0 Å². The first-order valence-corrected chi connectivity index (χ1v) is 11.5. The summed E-state index contributed by atoms with van der Waals surface area (Å²) in [6.45, 7) is 14.1. The molecule has 2 heterocycles. The molecule has 8 heteroatoms. The van der Waals surface area contributed by atoms with Crippen molar-refractivity contribution in [2.24, 2.45) is 0 Å². The number of benzene rings is 1. The maximum absolute atomic E-state index is 13.2. The van der Waals surface area contributed by atoms with Gasteiger partial charge in [0.25, 0.3) is 5.56 Å². The lowest BCUT2D eigenvalue weighted by atomic mass is 10.2. The fourth-order valence-corrected chi connectivity index (χ4v) is 4.33. The van der Waals surface area contributed by atoms with Gasteiger partial charge in [-0.25, -0.2) is 4.98 Å². The Morgan fingerprint density at radius 2 is 1.77 bits per heavy atom. The number of thioether (sulfide) groups is 1. The van der Waals surface area contributed by atoms with Crippen LogP contribution < -0.4 is 5.56 Å². The van der Waals surface area contributed by atoms with Crippen LogP contribution in [0.3, 0.4) is 0 Å². The molecule has 1 aromatic carbocycles. The van der Waals surface area contributed by atoms with E-state index in [1.54, 1.807) is 4.57 Å². The van der Waals surface area contributed by atoms with E-state index in [0.717, 1.165) is 6.54 Å². The molecule has 0 amide bonds. The molecule has 30 heavy (non-hydrogen) atoms. The standard InChI is InChI=1S/C22H31N5O2S/c1-14(2)20-24-19(29-25-20)13-30-22-23-18-10-8-7-9-17(18)21(28)27(22)12-11-26(15(3)4)16(5)6/h7-10,14-16H,11-13H2,1-6H3. The van der Waals surface area contributed by atoms with Crippen LogP contribution >= 0.6 is 11.8 Å². The Balaban J connectivity index is 1.90. The number of hydrogen-bond acceptors (Lipinski definition) is 7. The van der Waals surface area contributed by atoms with Crippen molar-refractivity contribution in [3.63, 3.8) is 0 Å². The zero-order chi connectivity index (χ0) is 21.8. The Labute approximate surface area is 181 Å². The van der Waals surface area contributed by atoms with Crippen LogP contribution in [-0.2, 0) is 12.3 Å². The molecule has 0 spiro atoms. The molecule has 0 bridgehead atoms. The number of aromatic nitrogens is 4. The molecule has 0 aliphatic carbocycles. The first kappa shape index (κ1) is 22.5.